The predicted octanol–water partition coefficient (Wildman–Crippen LogP) is 7.37. The first-order valence-corrected chi connectivity index (χ1v) is 18.7. The average molecular weight is 719 g/mol. The second-order valence-corrected chi connectivity index (χ2v) is 17.5. The van der Waals surface area contributed by atoms with Gasteiger partial charge in [0.25, 0.3) is 14.0 Å². The molecule has 0 radical (unpaired) electrons. The van der Waals surface area contributed by atoms with Gasteiger partial charge < -0.3 is 24.0 Å². The number of ether oxygens (including phenoxy) is 3. The fourth-order valence-corrected chi connectivity index (χ4v) is 10.8. The van der Waals surface area contributed by atoms with Crippen molar-refractivity contribution in [1.29, 1.82) is 0 Å². The van der Waals surface area contributed by atoms with E-state index in [2.05, 4.69) is 50.4 Å². The highest BCUT2D eigenvalue weighted by Gasteiger charge is 2.51. The van der Waals surface area contributed by atoms with E-state index in [-0.39, 0.29) is 24.5 Å². The number of amides is 1. The maximum atomic E-state index is 13.8. The fourth-order valence-electron chi connectivity index (χ4n) is 6.19. The Labute approximate surface area is 304 Å². The van der Waals surface area contributed by atoms with Crippen molar-refractivity contribution in [1.82, 2.24) is 5.32 Å². The number of hydrogen-bond donors (Lipinski definition) is 1. The molecule has 10 nitrogen and oxygen atoms in total. The Bertz CT molecular complexity index is 1880. The number of non-ortho nitro benzene ring substituents is 1. The molecule has 268 valence electrons. The van der Waals surface area contributed by atoms with Crippen LogP contribution in [0.15, 0.2) is 140 Å². The number of nitrogens with zero attached hydrogens (tertiary/aromatic N) is 1. The summed E-state index contributed by atoms with van der Waals surface area (Å²) in [6.07, 6.45) is -1.83. The molecule has 0 saturated heterocycles. The van der Waals surface area contributed by atoms with E-state index in [1.807, 2.05) is 66.7 Å². The zero-order valence-corrected chi connectivity index (χ0v) is 30.6. The van der Waals surface area contributed by atoms with Crippen LogP contribution < -0.4 is 20.4 Å². The first kappa shape index (κ1) is 37.5. The lowest BCUT2D eigenvalue weighted by Crippen LogP contribution is -2.67. The summed E-state index contributed by atoms with van der Waals surface area (Å²) in [5.74, 6) is -0.152. The third-order valence-electron chi connectivity index (χ3n) is 8.79. The zero-order valence-electron chi connectivity index (χ0n) is 29.6. The molecule has 5 aromatic rings. The first-order valence-electron chi connectivity index (χ1n) is 16.8. The molecule has 0 spiro atoms. The summed E-state index contributed by atoms with van der Waals surface area (Å²) in [5.41, 5.74) is 1.34. The number of benzene rings is 5. The van der Waals surface area contributed by atoms with Crippen LogP contribution in [0.3, 0.4) is 0 Å². The van der Waals surface area contributed by atoms with Gasteiger partial charge in [0, 0.05) is 12.1 Å². The summed E-state index contributed by atoms with van der Waals surface area (Å²) in [6, 6.07) is 40.6. The summed E-state index contributed by atoms with van der Waals surface area (Å²) in [4.78, 5) is 38.1. The number of nitro benzene ring substituents is 1. The molecule has 1 N–H and O–H groups in total. The highest BCUT2D eigenvalue weighted by atomic mass is 28.4. The molecule has 1 amide bonds. The van der Waals surface area contributed by atoms with Crippen LogP contribution in [-0.2, 0) is 20.5 Å². The molecule has 0 aromatic heterocycles. The Kier molecular flexibility index (Phi) is 12.2. The predicted molar refractivity (Wildman–Crippen MR) is 201 cm³/mol. The van der Waals surface area contributed by atoms with Crippen molar-refractivity contribution in [3.63, 3.8) is 0 Å². The smallest absolute Gasteiger partial charge is 0.408 e. The second kappa shape index (κ2) is 17.0. The molecule has 0 aliphatic carbocycles. The largest absolute Gasteiger partial charge is 0.497 e. The number of carbonyl (C=O) groups is 2. The van der Waals surface area contributed by atoms with Crippen LogP contribution in [0.25, 0.3) is 0 Å². The monoisotopic (exact) mass is 718 g/mol. The van der Waals surface area contributed by atoms with E-state index in [1.54, 1.807) is 31.4 Å². The Morgan fingerprint density at radius 2 is 1.31 bits per heavy atom. The van der Waals surface area contributed by atoms with Gasteiger partial charge in [0.15, 0.2) is 0 Å². The molecule has 0 aliphatic rings. The van der Waals surface area contributed by atoms with Gasteiger partial charge in [0.1, 0.15) is 18.5 Å². The standard InChI is InChI=1S/C41H42N2O8Si/c1-41(2,3)52(35-16-10-6-11-17-35,36-18-12-7-13-19-36)50-29-37(51-39(44)32-20-24-33(25-21-32)43(46)47)38(31-22-26-34(48-4)27-23-31)42-40(45)49-28-30-14-8-5-9-15-30/h5-27,37-38H,28-29H2,1-4H3,(H,42,45). The third kappa shape index (κ3) is 8.92. The quantitative estimate of drug-likeness (QED) is 0.0546. The molecule has 0 heterocycles. The molecule has 2 atom stereocenters. The van der Waals surface area contributed by atoms with E-state index in [1.165, 1.54) is 24.3 Å². The maximum absolute atomic E-state index is 13.8. The molecule has 0 saturated carbocycles. The van der Waals surface area contributed by atoms with Crippen molar-refractivity contribution < 1.29 is 33.1 Å². The average Bonchev–Trinajstić information content (AvgIpc) is 3.16. The lowest BCUT2D eigenvalue weighted by molar-refractivity contribution is -0.384. The lowest BCUT2D eigenvalue weighted by atomic mass is 10.0. The van der Waals surface area contributed by atoms with E-state index < -0.39 is 42.5 Å². The van der Waals surface area contributed by atoms with E-state index in [0.29, 0.717) is 11.3 Å². The number of methoxy groups -OCH3 is 1. The summed E-state index contributed by atoms with van der Waals surface area (Å²) < 4.78 is 24.5. The molecule has 0 aliphatic heterocycles. The Balaban J connectivity index is 1.57. The van der Waals surface area contributed by atoms with Gasteiger partial charge in [0.2, 0.25) is 0 Å². The van der Waals surface area contributed by atoms with Crippen molar-refractivity contribution >= 4 is 36.4 Å². The minimum atomic E-state index is -3.15. The molecule has 0 fully saturated rings. The van der Waals surface area contributed by atoms with Crippen LogP contribution in [0.4, 0.5) is 10.5 Å². The first-order chi connectivity index (χ1) is 25.0. The molecular formula is C41H42N2O8Si. The Morgan fingerprint density at radius 1 is 0.769 bits per heavy atom. The summed E-state index contributed by atoms with van der Waals surface area (Å²) >= 11 is 0. The van der Waals surface area contributed by atoms with Crippen LogP contribution in [0.2, 0.25) is 5.04 Å². The van der Waals surface area contributed by atoms with Crippen LogP contribution in [0.5, 0.6) is 5.75 Å². The number of nitrogens with one attached hydrogen (secondary N) is 1. The van der Waals surface area contributed by atoms with Crippen LogP contribution in [0.1, 0.15) is 48.3 Å². The van der Waals surface area contributed by atoms with Gasteiger partial charge in [-0.3, -0.25) is 10.1 Å². The van der Waals surface area contributed by atoms with Crippen LogP contribution in [0, 0.1) is 10.1 Å². The van der Waals surface area contributed by atoms with Crippen molar-refractivity contribution in [2.24, 2.45) is 0 Å². The SMILES string of the molecule is COc1ccc(C(NC(=O)OCc2ccccc2)C(CO[Si](c2ccccc2)(c2ccccc2)C(C)(C)C)OC(=O)c2ccc([N+](=O)[O-])cc2)cc1. The lowest BCUT2D eigenvalue weighted by Gasteiger charge is -2.44. The summed E-state index contributed by atoms with van der Waals surface area (Å²) in [7, 11) is -1.60. The van der Waals surface area contributed by atoms with Crippen molar-refractivity contribution in [3.8, 4) is 5.75 Å². The van der Waals surface area contributed by atoms with Crippen LogP contribution >= 0.6 is 0 Å². The highest BCUT2D eigenvalue weighted by molar-refractivity contribution is 6.99. The maximum Gasteiger partial charge on any atom is 0.408 e. The second-order valence-electron chi connectivity index (χ2n) is 13.2. The van der Waals surface area contributed by atoms with Crippen LogP contribution in [-0.4, -0.2) is 45.1 Å². The number of nitro groups is 1. The molecule has 5 rings (SSSR count). The number of esters is 1. The summed E-state index contributed by atoms with van der Waals surface area (Å²) in [6.45, 7) is 6.31. The summed E-state index contributed by atoms with van der Waals surface area (Å²) in [5, 5.41) is 15.9. The minimum Gasteiger partial charge on any atom is -0.497 e. The van der Waals surface area contributed by atoms with E-state index >= 15 is 0 Å². The molecular weight excluding hydrogens is 677 g/mol. The fraction of sp³-hybridized carbons (Fsp3) is 0.220. The molecule has 5 aromatic carbocycles. The zero-order chi connectivity index (χ0) is 37.1. The number of carbonyl (C=O) groups excluding carboxylic acids is 2. The number of alkyl carbamates (subject to hydrolysis) is 1. The number of rotatable bonds is 14. The van der Waals surface area contributed by atoms with Gasteiger partial charge in [-0.15, -0.1) is 0 Å². The molecule has 11 heteroatoms. The Hall–Kier alpha value is -5.78. The van der Waals surface area contributed by atoms with E-state index in [4.69, 9.17) is 18.6 Å². The normalized spacial score (nSPS) is 12.6. The van der Waals surface area contributed by atoms with Crippen molar-refractivity contribution in [2.75, 3.05) is 13.7 Å². The highest BCUT2D eigenvalue weighted by Crippen LogP contribution is 2.37. The van der Waals surface area contributed by atoms with Crippen molar-refractivity contribution in [2.45, 2.75) is 44.6 Å². The topological polar surface area (TPSA) is 126 Å². The van der Waals surface area contributed by atoms with E-state index in [0.717, 1.165) is 15.9 Å². The van der Waals surface area contributed by atoms with Gasteiger partial charge in [0.05, 0.1) is 30.2 Å². The molecule has 52 heavy (non-hydrogen) atoms. The van der Waals surface area contributed by atoms with Gasteiger partial charge in [-0.2, -0.15) is 0 Å². The van der Waals surface area contributed by atoms with Gasteiger partial charge in [-0.25, -0.2) is 9.59 Å². The third-order valence-corrected chi connectivity index (χ3v) is 13.8. The molecule has 2 unspecified atom stereocenters. The molecule has 0 bridgehead atoms. The van der Waals surface area contributed by atoms with Crippen molar-refractivity contribution in [3.05, 3.63) is 166 Å². The van der Waals surface area contributed by atoms with Gasteiger partial charge in [-0.05, 0) is 50.8 Å². The van der Waals surface area contributed by atoms with Gasteiger partial charge in [-0.1, -0.05) is 124 Å². The number of hydrogen-bond acceptors (Lipinski definition) is 8. The minimum absolute atomic E-state index is 0.0216. The Morgan fingerprint density at radius 3 is 1.81 bits per heavy atom. The van der Waals surface area contributed by atoms with Gasteiger partial charge >= 0.3 is 12.1 Å². The van der Waals surface area contributed by atoms with E-state index in [9.17, 15) is 19.7 Å².